The summed E-state index contributed by atoms with van der Waals surface area (Å²) in [6, 6.07) is 0. The molecule has 1 aliphatic carbocycles. The molecule has 2 rings (SSSR count). The Morgan fingerprint density at radius 2 is 1.91 bits per heavy atom. The molecule has 0 radical (unpaired) electrons. The lowest BCUT2D eigenvalue weighted by Crippen LogP contribution is -2.51. The zero-order valence-electron chi connectivity index (χ0n) is 20.2. The minimum Gasteiger partial charge on any atom is -0.469 e. The second kappa shape index (κ2) is 11.3. The summed E-state index contributed by atoms with van der Waals surface area (Å²) in [5, 5.41) is -0.238. The maximum atomic E-state index is 13.1. The molecule has 0 aromatic rings. The molecule has 0 saturated heterocycles. The predicted molar refractivity (Wildman–Crippen MR) is 127 cm³/mol. The van der Waals surface area contributed by atoms with E-state index in [0.717, 1.165) is 18.1 Å². The Morgan fingerprint density at radius 1 is 1.24 bits per heavy atom. The van der Waals surface area contributed by atoms with Crippen LogP contribution in [0.25, 0.3) is 0 Å². The van der Waals surface area contributed by atoms with Gasteiger partial charge in [-0.15, -0.1) is 0 Å². The lowest BCUT2D eigenvalue weighted by Gasteiger charge is -2.32. The van der Waals surface area contributed by atoms with Gasteiger partial charge in [-0.05, 0) is 38.8 Å². The average molecular weight is 489 g/mol. The molecule has 2 aliphatic rings. The number of hydrogen-bond donors (Lipinski definition) is 0. The first kappa shape index (κ1) is 27.1. The van der Waals surface area contributed by atoms with E-state index in [-0.39, 0.29) is 22.6 Å². The van der Waals surface area contributed by atoms with Crippen LogP contribution in [0.2, 0.25) is 0 Å². The molecule has 0 amide bonds. The van der Waals surface area contributed by atoms with Crippen molar-refractivity contribution in [2.24, 2.45) is 5.92 Å². The third-order valence-electron chi connectivity index (χ3n) is 5.46. The maximum absolute atomic E-state index is 13.1. The van der Waals surface area contributed by atoms with Crippen LogP contribution in [-0.2, 0) is 33.4 Å². The van der Waals surface area contributed by atoms with Crippen molar-refractivity contribution in [2.45, 2.75) is 53.1 Å². The quantitative estimate of drug-likeness (QED) is 0.210. The number of carbonyl (C=O) groups is 4. The van der Waals surface area contributed by atoms with Crippen molar-refractivity contribution in [2.75, 3.05) is 7.11 Å². The van der Waals surface area contributed by atoms with E-state index in [2.05, 4.69) is 24.7 Å². The summed E-state index contributed by atoms with van der Waals surface area (Å²) < 4.78 is 15.3. The van der Waals surface area contributed by atoms with Gasteiger partial charge in [-0.3, -0.25) is 14.4 Å². The smallest absolute Gasteiger partial charge is 0.332 e. The first-order chi connectivity index (χ1) is 15.9. The number of hydrogen-bond acceptors (Lipinski definition) is 7. The van der Waals surface area contributed by atoms with Crippen LogP contribution < -0.4 is 0 Å². The number of carbonyl (C=O) groups excluding carboxylic acids is 4. The van der Waals surface area contributed by atoms with Gasteiger partial charge in [0.25, 0.3) is 0 Å². The van der Waals surface area contributed by atoms with Crippen molar-refractivity contribution in [3.8, 4) is 0 Å². The van der Waals surface area contributed by atoms with Crippen LogP contribution in [-0.4, -0.2) is 36.2 Å². The third-order valence-corrected chi connectivity index (χ3v) is 5.83. The molecule has 1 aliphatic heterocycles. The summed E-state index contributed by atoms with van der Waals surface area (Å²) >= 11 is 6.32. The Kier molecular flexibility index (Phi) is 8.99. The molecular weight excluding hydrogens is 460 g/mol. The molecule has 0 spiro atoms. The van der Waals surface area contributed by atoms with Gasteiger partial charge in [-0.25, -0.2) is 4.79 Å². The molecule has 0 saturated carbocycles. The summed E-state index contributed by atoms with van der Waals surface area (Å²) in [5.41, 5.74) is -0.544. The lowest BCUT2D eigenvalue weighted by molar-refractivity contribution is -0.165. The van der Waals surface area contributed by atoms with Gasteiger partial charge < -0.3 is 14.2 Å². The second-order valence-electron chi connectivity index (χ2n) is 8.41. The predicted octanol–water partition coefficient (Wildman–Crippen LogP) is 4.79. The Bertz CT molecular complexity index is 1080. The fourth-order valence-corrected chi connectivity index (χ4v) is 3.63. The van der Waals surface area contributed by atoms with Crippen molar-refractivity contribution in [1.29, 1.82) is 0 Å². The van der Waals surface area contributed by atoms with Gasteiger partial charge in [-0.2, -0.15) is 0 Å². The summed E-state index contributed by atoms with van der Waals surface area (Å²) in [6.07, 6.45) is 10.3. The zero-order valence-corrected chi connectivity index (χ0v) is 20.9. The molecule has 34 heavy (non-hydrogen) atoms. The molecule has 1 heterocycles. The minimum atomic E-state index is -2.16. The van der Waals surface area contributed by atoms with Crippen molar-refractivity contribution in [1.82, 2.24) is 0 Å². The molecule has 0 N–H and O–H groups in total. The molecule has 2 atom stereocenters. The van der Waals surface area contributed by atoms with Crippen molar-refractivity contribution in [3.63, 3.8) is 0 Å². The Balaban J connectivity index is 2.29. The van der Waals surface area contributed by atoms with Gasteiger partial charge in [0.1, 0.15) is 12.0 Å². The van der Waals surface area contributed by atoms with E-state index >= 15 is 0 Å². The summed E-state index contributed by atoms with van der Waals surface area (Å²) in [4.78, 5) is 49.8. The molecule has 8 heteroatoms. The molecule has 0 fully saturated rings. The standard InChI is InChI=1S/C26H29ClO7/c1-7-15(2)10-16(3)8-9-18-13-19-20(14-33-18)24(30)26(5,25(31)23(19)27)34-22(29)12-17(4)11-21(28)32-6/h8-10,12-15H,7,11H2,1-6H3/b9-8+,16-10+,17-12+/t15-,26-/m0/s1. The highest BCUT2D eigenvalue weighted by Gasteiger charge is 2.52. The number of ether oxygens (including phenoxy) is 3. The van der Waals surface area contributed by atoms with Crippen molar-refractivity contribution >= 4 is 35.1 Å². The lowest BCUT2D eigenvalue weighted by atomic mass is 9.80. The van der Waals surface area contributed by atoms with Gasteiger partial charge in [0.2, 0.25) is 17.2 Å². The number of fused-ring (bicyclic) bond motifs is 1. The topological polar surface area (TPSA) is 96.0 Å². The van der Waals surface area contributed by atoms with Crippen LogP contribution in [0.4, 0.5) is 0 Å². The number of esters is 2. The number of rotatable bonds is 8. The molecule has 182 valence electrons. The van der Waals surface area contributed by atoms with Gasteiger partial charge in [-0.1, -0.05) is 55.2 Å². The Labute approximate surface area is 204 Å². The van der Waals surface area contributed by atoms with Gasteiger partial charge in [0.05, 0.1) is 24.1 Å². The van der Waals surface area contributed by atoms with E-state index in [1.807, 2.05) is 13.0 Å². The van der Waals surface area contributed by atoms with E-state index in [1.165, 1.54) is 33.3 Å². The maximum Gasteiger partial charge on any atom is 0.332 e. The van der Waals surface area contributed by atoms with Crippen LogP contribution in [0.1, 0.15) is 47.5 Å². The highest BCUT2D eigenvalue weighted by Crippen LogP contribution is 2.38. The minimum absolute atomic E-state index is 0.0270. The first-order valence-corrected chi connectivity index (χ1v) is 11.2. The molecular formula is C26H29ClO7. The van der Waals surface area contributed by atoms with Crippen LogP contribution in [0.3, 0.4) is 0 Å². The fraction of sp³-hybridized carbons (Fsp3) is 0.385. The van der Waals surface area contributed by atoms with Crippen LogP contribution >= 0.6 is 11.6 Å². The average Bonchev–Trinajstić information content (AvgIpc) is 2.79. The SMILES string of the molecule is CC[C@H](C)/C=C(C)/C=C/C1=CC2=C(Cl)C(=O)[C@@](C)(OC(=O)/C=C(\C)CC(=O)OC)C(=O)C2=CO1. The molecule has 0 bridgehead atoms. The summed E-state index contributed by atoms with van der Waals surface area (Å²) in [5.74, 6) is -2.26. The van der Waals surface area contributed by atoms with Crippen molar-refractivity contribution in [3.05, 3.63) is 69.7 Å². The molecule has 0 aromatic carbocycles. The zero-order chi connectivity index (χ0) is 25.6. The van der Waals surface area contributed by atoms with Gasteiger partial charge in [0, 0.05) is 11.6 Å². The van der Waals surface area contributed by atoms with Crippen molar-refractivity contribution < 1.29 is 33.4 Å². The number of ketones is 2. The monoisotopic (exact) mass is 488 g/mol. The number of halogens is 1. The van der Waals surface area contributed by atoms with Crippen LogP contribution in [0.15, 0.2) is 69.7 Å². The first-order valence-electron chi connectivity index (χ1n) is 10.8. The molecule has 7 nitrogen and oxygen atoms in total. The van der Waals surface area contributed by atoms with Gasteiger partial charge in [0.15, 0.2) is 0 Å². The number of methoxy groups -OCH3 is 1. The van der Waals surface area contributed by atoms with E-state index in [4.69, 9.17) is 21.1 Å². The number of Topliss-reactive ketones (excluding diaryl/α,β-unsaturated/α-hetero) is 2. The van der Waals surface area contributed by atoms with E-state index in [1.54, 1.807) is 6.08 Å². The summed E-state index contributed by atoms with van der Waals surface area (Å²) in [6.45, 7) is 8.89. The van der Waals surface area contributed by atoms with Crippen LogP contribution in [0, 0.1) is 5.92 Å². The number of allylic oxidation sites excluding steroid dienone is 6. The molecule has 0 unspecified atom stereocenters. The highest BCUT2D eigenvalue weighted by atomic mass is 35.5. The van der Waals surface area contributed by atoms with Gasteiger partial charge >= 0.3 is 11.9 Å². The normalized spacial score (nSPS) is 22.1. The third kappa shape index (κ3) is 6.23. The molecule has 0 aromatic heterocycles. The Hall–Kier alpha value is -3.19. The second-order valence-corrected chi connectivity index (χ2v) is 8.79. The van der Waals surface area contributed by atoms with E-state index in [9.17, 15) is 19.2 Å². The summed E-state index contributed by atoms with van der Waals surface area (Å²) in [7, 11) is 1.22. The van der Waals surface area contributed by atoms with Crippen LogP contribution in [0.5, 0.6) is 0 Å². The van der Waals surface area contributed by atoms with E-state index in [0.29, 0.717) is 17.3 Å². The highest BCUT2D eigenvalue weighted by molar-refractivity contribution is 6.49. The fourth-order valence-electron chi connectivity index (χ4n) is 3.29. The Morgan fingerprint density at radius 3 is 2.53 bits per heavy atom. The van der Waals surface area contributed by atoms with E-state index < -0.39 is 29.1 Å². The largest absolute Gasteiger partial charge is 0.469 e.